The summed E-state index contributed by atoms with van der Waals surface area (Å²) >= 11 is 0. The fourth-order valence-corrected chi connectivity index (χ4v) is 2.05. The average Bonchev–Trinajstić information content (AvgIpc) is 2.26. The molecule has 0 fully saturated rings. The van der Waals surface area contributed by atoms with Crippen LogP contribution in [0.5, 0.6) is 5.75 Å². The monoisotopic (exact) mass is 269 g/mol. The summed E-state index contributed by atoms with van der Waals surface area (Å²) in [5.41, 5.74) is 0.389. The summed E-state index contributed by atoms with van der Waals surface area (Å²) in [5, 5.41) is 18.1. The van der Waals surface area contributed by atoms with Crippen LogP contribution in [0.4, 0.5) is 4.39 Å². The molecule has 19 heavy (non-hydrogen) atoms. The normalized spacial score (nSPS) is 12.9. The molecule has 0 bridgehead atoms. The molecule has 0 saturated heterocycles. The number of carbonyl (C=O) groups is 1. The maximum atomic E-state index is 13.8. The number of phenols is 1. The van der Waals surface area contributed by atoms with Gasteiger partial charge < -0.3 is 10.2 Å². The minimum absolute atomic E-state index is 0.137. The number of carboxylic acid groups (broad SMARTS) is 1. The highest BCUT2D eigenvalue weighted by Crippen LogP contribution is 2.26. The summed E-state index contributed by atoms with van der Waals surface area (Å²) in [4.78, 5) is 12.6. The highest BCUT2D eigenvalue weighted by Gasteiger charge is 2.22. The quantitative estimate of drug-likeness (QED) is 0.833. The fraction of sp³-hybridized carbons (Fsp3) is 0.500. The molecule has 0 radical (unpaired) electrons. The molecule has 0 aliphatic heterocycles. The van der Waals surface area contributed by atoms with Gasteiger partial charge in [0.2, 0.25) is 0 Å². The van der Waals surface area contributed by atoms with Crippen LogP contribution in [0, 0.1) is 11.7 Å². The van der Waals surface area contributed by atoms with Crippen LogP contribution in [0.3, 0.4) is 0 Å². The molecule has 0 saturated carbocycles. The van der Waals surface area contributed by atoms with Crippen molar-refractivity contribution in [2.45, 2.75) is 26.8 Å². The molecular weight excluding hydrogens is 249 g/mol. The fourth-order valence-electron chi connectivity index (χ4n) is 2.05. The first-order valence-corrected chi connectivity index (χ1v) is 6.25. The van der Waals surface area contributed by atoms with Crippen LogP contribution in [-0.2, 0) is 4.79 Å². The van der Waals surface area contributed by atoms with Gasteiger partial charge >= 0.3 is 5.97 Å². The van der Waals surface area contributed by atoms with Crippen LogP contribution >= 0.6 is 0 Å². The van der Waals surface area contributed by atoms with Gasteiger partial charge in [-0.05, 0) is 18.9 Å². The zero-order chi connectivity index (χ0) is 14.6. The van der Waals surface area contributed by atoms with Gasteiger partial charge in [-0.2, -0.15) is 0 Å². The topological polar surface area (TPSA) is 60.8 Å². The van der Waals surface area contributed by atoms with Crippen molar-refractivity contribution in [3.8, 4) is 5.75 Å². The highest BCUT2D eigenvalue weighted by molar-refractivity contribution is 5.69. The Labute approximate surface area is 112 Å². The smallest absolute Gasteiger partial charge is 0.317 e. The number of halogens is 1. The van der Waals surface area contributed by atoms with Crippen molar-refractivity contribution in [2.24, 2.45) is 5.92 Å². The number of carboxylic acids is 1. The van der Waals surface area contributed by atoms with E-state index in [1.54, 1.807) is 11.8 Å². The number of benzene rings is 1. The number of nitrogens with zero attached hydrogens (tertiary/aromatic N) is 1. The van der Waals surface area contributed by atoms with E-state index in [1.807, 2.05) is 13.8 Å². The predicted octanol–water partition coefficient (Wildman–Crippen LogP) is 2.63. The van der Waals surface area contributed by atoms with E-state index < -0.39 is 11.8 Å². The molecule has 0 spiro atoms. The first-order valence-electron chi connectivity index (χ1n) is 6.25. The van der Waals surface area contributed by atoms with E-state index in [2.05, 4.69) is 0 Å². The van der Waals surface area contributed by atoms with Crippen molar-refractivity contribution in [1.29, 1.82) is 0 Å². The van der Waals surface area contributed by atoms with Crippen LogP contribution in [0.1, 0.15) is 32.4 Å². The second-order valence-corrected chi connectivity index (χ2v) is 5.10. The van der Waals surface area contributed by atoms with Gasteiger partial charge in [0.1, 0.15) is 11.6 Å². The molecular formula is C14H20FNO3. The van der Waals surface area contributed by atoms with Gasteiger partial charge in [0.25, 0.3) is 0 Å². The van der Waals surface area contributed by atoms with Gasteiger partial charge in [0, 0.05) is 24.2 Å². The molecule has 0 aliphatic rings. The number of hydrogen-bond donors (Lipinski definition) is 2. The first kappa shape index (κ1) is 15.4. The number of rotatable bonds is 6. The molecule has 1 unspecified atom stereocenters. The predicted molar refractivity (Wildman–Crippen MR) is 70.5 cm³/mol. The van der Waals surface area contributed by atoms with Crippen LogP contribution in [0.25, 0.3) is 0 Å². The third-order valence-corrected chi connectivity index (χ3v) is 2.92. The van der Waals surface area contributed by atoms with Crippen LogP contribution in [0.15, 0.2) is 18.2 Å². The van der Waals surface area contributed by atoms with Gasteiger partial charge in [-0.15, -0.1) is 0 Å². The van der Waals surface area contributed by atoms with Crippen LogP contribution in [0.2, 0.25) is 0 Å². The molecule has 0 aliphatic carbocycles. The lowest BCUT2D eigenvalue weighted by Gasteiger charge is -2.29. The maximum Gasteiger partial charge on any atom is 0.317 e. The Kier molecular flexibility index (Phi) is 5.30. The molecule has 2 N–H and O–H groups in total. The van der Waals surface area contributed by atoms with Gasteiger partial charge in [0.15, 0.2) is 0 Å². The van der Waals surface area contributed by atoms with Gasteiger partial charge in [0.05, 0.1) is 6.54 Å². The van der Waals surface area contributed by atoms with Crippen LogP contribution < -0.4 is 0 Å². The highest BCUT2D eigenvalue weighted by atomic mass is 19.1. The van der Waals surface area contributed by atoms with E-state index in [0.29, 0.717) is 12.1 Å². The zero-order valence-corrected chi connectivity index (χ0v) is 11.4. The first-order chi connectivity index (χ1) is 8.81. The number of aromatic hydroxyl groups is 1. The van der Waals surface area contributed by atoms with E-state index in [0.717, 1.165) is 6.07 Å². The van der Waals surface area contributed by atoms with Crippen molar-refractivity contribution in [2.75, 3.05) is 13.1 Å². The third kappa shape index (κ3) is 4.52. The minimum Gasteiger partial charge on any atom is -0.508 e. The standard InChI is InChI=1S/C14H20FNO3/c1-9(2)7-16(8-14(18)19)10(3)12-5-4-11(17)6-13(12)15/h4-6,9-10,17H,7-8H2,1-3H3,(H,18,19). The third-order valence-electron chi connectivity index (χ3n) is 2.92. The van der Waals surface area contributed by atoms with Crippen LogP contribution in [-0.4, -0.2) is 34.2 Å². The van der Waals surface area contributed by atoms with Crippen molar-refractivity contribution in [3.05, 3.63) is 29.6 Å². The lowest BCUT2D eigenvalue weighted by Crippen LogP contribution is -2.35. The summed E-state index contributed by atoms with van der Waals surface area (Å²) < 4.78 is 13.8. The number of hydrogen-bond acceptors (Lipinski definition) is 3. The van der Waals surface area contributed by atoms with Gasteiger partial charge in [-0.25, -0.2) is 4.39 Å². The van der Waals surface area contributed by atoms with Gasteiger partial charge in [-0.3, -0.25) is 9.69 Å². The Morgan fingerprint density at radius 3 is 2.47 bits per heavy atom. The zero-order valence-electron chi connectivity index (χ0n) is 11.4. The SMILES string of the molecule is CC(C)CN(CC(=O)O)C(C)c1ccc(O)cc1F. The average molecular weight is 269 g/mol. The molecule has 1 aromatic rings. The van der Waals surface area contributed by atoms with Crippen molar-refractivity contribution in [1.82, 2.24) is 4.90 Å². The lowest BCUT2D eigenvalue weighted by molar-refractivity contribution is -0.139. The summed E-state index contributed by atoms with van der Waals surface area (Å²) in [7, 11) is 0. The van der Waals surface area contributed by atoms with E-state index in [9.17, 15) is 14.3 Å². The molecule has 0 amide bonds. The summed E-state index contributed by atoms with van der Waals surface area (Å²) in [6.07, 6.45) is 0. The largest absolute Gasteiger partial charge is 0.508 e. The second-order valence-electron chi connectivity index (χ2n) is 5.10. The molecule has 4 nitrogen and oxygen atoms in total. The van der Waals surface area contributed by atoms with Crippen molar-refractivity contribution < 1.29 is 19.4 Å². The Morgan fingerprint density at radius 2 is 2.00 bits per heavy atom. The minimum atomic E-state index is -0.938. The summed E-state index contributed by atoms with van der Waals surface area (Å²) in [5.74, 6) is -1.32. The van der Waals surface area contributed by atoms with E-state index >= 15 is 0 Å². The Morgan fingerprint density at radius 1 is 1.37 bits per heavy atom. The molecule has 106 valence electrons. The molecule has 0 aromatic heterocycles. The lowest BCUT2D eigenvalue weighted by atomic mass is 10.0. The molecule has 1 aromatic carbocycles. The summed E-state index contributed by atoms with van der Waals surface area (Å²) in [6, 6.07) is 3.58. The number of phenolic OH excluding ortho intramolecular Hbond substituents is 1. The Balaban J connectivity index is 2.96. The molecule has 0 heterocycles. The Bertz CT molecular complexity index is 448. The second kappa shape index (κ2) is 6.52. The molecule has 1 atom stereocenters. The van der Waals surface area contributed by atoms with Crippen molar-refractivity contribution >= 4 is 5.97 Å². The van der Waals surface area contributed by atoms with Crippen molar-refractivity contribution in [3.63, 3.8) is 0 Å². The maximum absolute atomic E-state index is 13.8. The van der Waals surface area contributed by atoms with E-state index in [4.69, 9.17) is 5.11 Å². The molecule has 1 rings (SSSR count). The Hall–Kier alpha value is -1.62. The van der Waals surface area contributed by atoms with E-state index in [-0.39, 0.29) is 24.3 Å². The van der Waals surface area contributed by atoms with Gasteiger partial charge in [-0.1, -0.05) is 19.9 Å². The molecule has 5 heteroatoms. The van der Waals surface area contributed by atoms with E-state index in [1.165, 1.54) is 12.1 Å². The summed E-state index contributed by atoms with van der Waals surface area (Å²) in [6.45, 7) is 6.15. The number of aliphatic carboxylic acids is 1.